The van der Waals surface area contributed by atoms with Crippen molar-refractivity contribution in [3.63, 3.8) is 0 Å². The first-order valence-electron chi connectivity index (χ1n) is 51.5. The lowest BCUT2D eigenvalue weighted by Crippen LogP contribution is -2.39. The molecule has 5 aliphatic heterocycles. The molecule has 1 radical (unpaired) electrons. The number of nitrogens with two attached hydrogens (primary N) is 2. The Kier molecular flexibility index (Phi) is 39.1. The number of benzene rings is 13. The Balaban J connectivity index is 0.000000145. The van der Waals surface area contributed by atoms with E-state index in [1.54, 1.807) is 72.8 Å². The molecule has 21 nitrogen and oxygen atoms in total. The van der Waals surface area contributed by atoms with Gasteiger partial charge in [-0.2, -0.15) is 0 Å². The maximum Gasteiger partial charge on any atom is 0.489 e. The van der Waals surface area contributed by atoms with Gasteiger partial charge in [0.05, 0.1) is 6.42 Å². The minimum Gasteiger partial charge on any atom is -0.450 e. The second-order valence-corrected chi connectivity index (χ2v) is 39.0. The lowest BCUT2D eigenvalue weighted by Gasteiger charge is -2.35. The number of aryl methyl sites for hydroxylation is 3. The first kappa shape index (κ1) is 110. The number of aromatic nitrogens is 1. The number of hydrogen-bond donors (Lipinski definition) is 11. The van der Waals surface area contributed by atoms with Crippen molar-refractivity contribution < 1.29 is 73.6 Å². The number of hydrogen-bond acceptors (Lipinski definition) is 15. The Bertz CT molecular complexity index is 6830. The summed E-state index contributed by atoms with van der Waals surface area (Å²) in [6, 6.07) is 92.8. The zero-order valence-corrected chi connectivity index (χ0v) is 84.4. The van der Waals surface area contributed by atoms with Crippen LogP contribution in [0, 0.1) is 11.6 Å². The van der Waals surface area contributed by atoms with Crippen molar-refractivity contribution in [2.75, 3.05) is 65.4 Å². The summed E-state index contributed by atoms with van der Waals surface area (Å²) in [5.41, 5.74) is 34.9. The van der Waals surface area contributed by atoms with Gasteiger partial charge in [-0.15, -0.1) is 0 Å². The van der Waals surface area contributed by atoms with E-state index in [0.717, 1.165) is 239 Å². The molecule has 0 bridgehead atoms. The highest BCUT2D eigenvalue weighted by atomic mass is 19.1. The van der Waals surface area contributed by atoms with E-state index in [1.807, 2.05) is 129 Å². The molecule has 1 aromatic heterocycles. The summed E-state index contributed by atoms with van der Waals surface area (Å²) < 4.78 is 28.1. The Morgan fingerprint density at radius 1 is 0.388 bits per heavy atom. The Hall–Kier alpha value is -13.2. The van der Waals surface area contributed by atoms with E-state index in [9.17, 15) is 68.2 Å². The number of likely N-dealkylation sites (tertiary alicyclic amines) is 5. The summed E-state index contributed by atoms with van der Waals surface area (Å²) in [6.45, 7) is 20.1. The molecule has 5 fully saturated rings. The molecule has 15 N–H and O–H groups in total. The van der Waals surface area contributed by atoms with Gasteiger partial charge in [0.15, 0.2) is 0 Å². The molecule has 14 aromatic rings. The van der Waals surface area contributed by atoms with E-state index in [1.165, 1.54) is 57.9 Å². The molecule has 19 rings (SSSR count). The van der Waals surface area contributed by atoms with Crippen LogP contribution < -0.4 is 38.8 Å². The number of H-pyrrole nitrogens is 1. The van der Waals surface area contributed by atoms with E-state index in [4.69, 9.17) is 11.5 Å². The van der Waals surface area contributed by atoms with Gasteiger partial charge in [0, 0.05) is 106 Å². The van der Waals surface area contributed by atoms with Gasteiger partial charge >= 0.3 is 35.8 Å². The number of nitrogens with zero attached hydrogens (tertiary/aromatic N) is 5. The first-order chi connectivity index (χ1) is 70.7. The fraction of sp³-hybridized carbons (Fsp3) is 0.294. The van der Waals surface area contributed by atoms with E-state index in [-0.39, 0.29) is 52.7 Å². The fourth-order valence-electron chi connectivity index (χ4n) is 21.0. The highest BCUT2D eigenvalue weighted by molar-refractivity contribution is 6.65. The summed E-state index contributed by atoms with van der Waals surface area (Å²) in [5, 5.41) is 78.9. The molecular formula is C119H134B5F2N8O13. The van der Waals surface area contributed by atoms with Crippen LogP contribution in [0.1, 0.15) is 213 Å². The quantitative estimate of drug-likeness (QED) is 0.0250. The third-order valence-corrected chi connectivity index (χ3v) is 29.6. The molecular weight excluding hydrogens is 1840 g/mol. The highest BCUT2D eigenvalue weighted by Crippen LogP contribution is 2.39. The zero-order chi connectivity index (χ0) is 103. The normalized spacial score (nSPS) is 14.7. The van der Waals surface area contributed by atoms with Crippen LogP contribution in [0.15, 0.2) is 298 Å². The molecule has 5 saturated heterocycles. The van der Waals surface area contributed by atoms with Crippen molar-refractivity contribution >= 4 is 114 Å². The smallest absolute Gasteiger partial charge is 0.450 e. The molecule has 0 spiro atoms. The largest absolute Gasteiger partial charge is 0.489 e. The number of piperidine rings is 5. The van der Waals surface area contributed by atoms with Crippen LogP contribution in [-0.2, 0) is 43.6 Å². The van der Waals surface area contributed by atoms with Crippen molar-refractivity contribution in [3.8, 4) is 22.3 Å². The van der Waals surface area contributed by atoms with E-state index >= 15 is 0 Å². The Labute approximate surface area is 864 Å². The number of amides is 4. The molecule has 13 aromatic carbocycles. The summed E-state index contributed by atoms with van der Waals surface area (Å²) in [4.78, 5) is 65.0. The Morgan fingerprint density at radius 3 is 1.35 bits per heavy atom. The number of carbonyl (C=O) groups excluding carboxylic acids is 4. The van der Waals surface area contributed by atoms with Gasteiger partial charge in [-0.25, -0.2) is 8.78 Å². The predicted molar refractivity (Wildman–Crippen MR) is 591 cm³/mol. The van der Waals surface area contributed by atoms with Crippen LogP contribution in [0.25, 0.3) is 49.6 Å². The number of fused-ring (bicyclic) bond motifs is 2. The highest BCUT2D eigenvalue weighted by Gasteiger charge is 2.33. The van der Waals surface area contributed by atoms with Crippen molar-refractivity contribution in [1.29, 1.82) is 0 Å². The lowest BCUT2D eigenvalue weighted by molar-refractivity contribution is -0.131. The molecule has 28 heteroatoms. The average Bonchev–Trinajstić information content (AvgIpc) is 1.78. The van der Waals surface area contributed by atoms with Crippen LogP contribution in [0.3, 0.4) is 0 Å². The van der Waals surface area contributed by atoms with E-state index < -0.39 is 34.1 Å². The zero-order valence-electron chi connectivity index (χ0n) is 84.4. The summed E-state index contributed by atoms with van der Waals surface area (Å²) >= 11 is 0. The van der Waals surface area contributed by atoms with Crippen LogP contribution in [0.5, 0.6) is 0 Å². The van der Waals surface area contributed by atoms with Crippen molar-refractivity contribution in [2.45, 2.75) is 160 Å². The predicted octanol–water partition coefficient (Wildman–Crippen LogP) is 14.4. The minimum atomic E-state index is -1.55. The number of rotatable bonds is 24. The topological polar surface area (TPSA) is 346 Å². The first-order valence-corrected chi connectivity index (χ1v) is 51.5. The van der Waals surface area contributed by atoms with Crippen molar-refractivity contribution in [3.05, 3.63) is 393 Å². The molecule has 4 amide bonds. The average molecular weight is 1980 g/mol. The van der Waals surface area contributed by atoms with Gasteiger partial charge < -0.3 is 86.6 Å². The van der Waals surface area contributed by atoms with Crippen LogP contribution in [-0.4, -0.2) is 200 Å². The van der Waals surface area contributed by atoms with Crippen molar-refractivity contribution in [2.24, 2.45) is 11.5 Å². The van der Waals surface area contributed by atoms with Gasteiger partial charge in [-0.05, 0) is 283 Å². The second-order valence-electron chi connectivity index (χ2n) is 39.0. The molecule has 0 unspecified atom stereocenters. The maximum atomic E-state index is 14.4. The molecule has 0 saturated carbocycles. The summed E-state index contributed by atoms with van der Waals surface area (Å²) in [6.07, 6.45) is 12.8. The van der Waals surface area contributed by atoms with Crippen LogP contribution >= 0.6 is 0 Å². The van der Waals surface area contributed by atoms with Gasteiger partial charge in [0.25, 0.3) is 17.7 Å². The molecule has 147 heavy (non-hydrogen) atoms. The monoisotopic (exact) mass is 1980 g/mol. The van der Waals surface area contributed by atoms with Gasteiger partial charge in [0.1, 0.15) is 17.3 Å². The van der Waals surface area contributed by atoms with E-state index in [2.05, 4.69) is 134 Å². The number of nitrogens with one attached hydrogen (secondary N) is 1. The van der Waals surface area contributed by atoms with Gasteiger partial charge in [-0.3, -0.25) is 19.2 Å². The third-order valence-electron chi connectivity index (χ3n) is 29.6. The fourth-order valence-corrected chi connectivity index (χ4v) is 21.0. The second kappa shape index (κ2) is 52.4. The van der Waals surface area contributed by atoms with Gasteiger partial charge in [-0.1, -0.05) is 282 Å². The van der Waals surface area contributed by atoms with Crippen molar-refractivity contribution in [1.82, 2.24) is 29.5 Å². The molecule has 5 aliphatic rings. The maximum absolute atomic E-state index is 14.4. The summed E-state index contributed by atoms with van der Waals surface area (Å²) in [5.74, 6) is 1.73. The van der Waals surface area contributed by atoms with Gasteiger partial charge in [0.2, 0.25) is 5.91 Å². The minimum absolute atomic E-state index is 0. The Morgan fingerprint density at radius 2 is 0.830 bits per heavy atom. The number of carbonyl (C=O) groups is 4. The number of aromatic amines is 1. The van der Waals surface area contributed by atoms with Crippen LogP contribution in [0.4, 0.5) is 8.78 Å². The molecule has 757 valence electrons. The standard InChI is InChI=1S/2C26H28BNO3.C24H25BFN2O.C22H25BN2O3.C21H26BFN2O2.H2O/c1-2-19-6-3-7-21(16-19)20-12-14-28(15-13-20)26(29)24-10-4-8-22(17-24)23-9-5-11-25(18-23)27(30)31;1-2-19-7-5-8-21(17-19)20-13-15-28(16-14-20)26(29)23-10-6-9-22(18-23)24-11-3-4-12-25(24)27(30)31;1-16(21-4-2-3-18-6-7-20(25-29)14-22(18)21)28-11-9-19(10-12-28)23-13-17(15-27)5-8-24(23)26;1-2-15-4-3-5-17(12-15)16-8-10-25(11-9-16)22(26)21-14-18-13-19(23(27)28)6-7-20(18)24-21;1-22(27)19-12-15(5-6-20(19)23)13-21(26)25-9-7-17(8-10-25)18-4-2-3-16(11-18)14-24;/h3-11,16-18,20,30-31H,2,12-15H2,1H3;3-12,17-18,20,30-31H,2,13-16H2,1H3;2-8,13-14,19,29H,1,9-12,15,27H2;3-7,12-14,16,24,27-28H,2,8-11H2,1H3;2-6,11-12,17,27H,7-10,13-14,24H2,1H3;1H2. The van der Waals surface area contributed by atoms with E-state index in [0.29, 0.717) is 70.0 Å². The SMILES string of the molecule is C=C(c1cccc2ccc([B]O)cc12)N1CCC(c2cc(CN)ccc2F)CC1.CB(O)c1cc(CC(=O)N2CCC(c3cccc(CN)c3)CC2)ccc1F.CCc1cccc(C2CCN(C(=O)c3cc4cc(B(O)O)ccc4[nH]3)CC2)c1.CCc1cccc(C2CCN(C(=O)c3cccc(-c4cccc(B(O)O)c4)c3)CC2)c1.CCc1cccc(C2CCN(C(=O)c3cccc(-c4ccccc4B(O)O)c3)CC2)c1.O. The molecule has 0 aliphatic carbocycles. The molecule has 6 heterocycles. The number of halogens is 2. The lowest BCUT2D eigenvalue weighted by atomic mass is 9.64. The molecule has 0 atom stereocenters. The summed E-state index contributed by atoms with van der Waals surface area (Å²) in [7, 11) is -3.46. The third kappa shape index (κ3) is 28.2. The van der Waals surface area contributed by atoms with Crippen LogP contribution in [0.2, 0.25) is 6.82 Å².